The van der Waals surface area contributed by atoms with Gasteiger partial charge in [-0.15, -0.1) is 12.4 Å². The molecule has 0 aromatic heterocycles. The minimum atomic E-state index is -0.400. The van der Waals surface area contributed by atoms with E-state index in [0.29, 0.717) is 6.61 Å². The summed E-state index contributed by atoms with van der Waals surface area (Å²) in [5.74, 6) is 0.121. The van der Waals surface area contributed by atoms with Gasteiger partial charge in [-0.2, -0.15) is 0 Å². The molecule has 0 spiro atoms. The fraction of sp³-hybridized carbons (Fsp3) is 0.533. The maximum atomic E-state index is 12.6. The van der Waals surface area contributed by atoms with Crippen molar-refractivity contribution in [3.05, 3.63) is 35.4 Å². The number of carbonyl (C=O) groups is 1. The molecule has 2 aliphatic rings. The largest absolute Gasteiger partial charge is 0.363 e. The van der Waals surface area contributed by atoms with Crippen molar-refractivity contribution < 1.29 is 9.53 Å². The van der Waals surface area contributed by atoms with Crippen LogP contribution in [-0.4, -0.2) is 43.6 Å². The first-order chi connectivity index (χ1) is 9.36. The number of carbonyl (C=O) groups excluding carboxylic acids is 1. The van der Waals surface area contributed by atoms with Crippen LogP contribution < -0.4 is 5.32 Å². The van der Waals surface area contributed by atoms with E-state index < -0.39 is 6.10 Å². The van der Waals surface area contributed by atoms with Gasteiger partial charge in [0.15, 0.2) is 6.10 Å². The number of ether oxygens (including phenoxy) is 1. The van der Waals surface area contributed by atoms with Crippen LogP contribution in [0.15, 0.2) is 24.3 Å². The molecule has 1 amide bonds. The van der Waals surface area contributed by atoms with Crippen molar-refractivity contribution in [2.24, 2.45) is 0 Å². The summed E-state index contributed by atoms with van der Waals surface area (Å²) in [5, 5.41) is 3.32. The summed E-state index contributed by atoms with van der Waals surface area (Å²) in [6.45, 7) is 4.11. The zero-order valence-corrected chi connectivity index (χ0v) is 12.3. The number of amides is 1. The number of rotatable bonds is 1. The lowest BCUT2D eigenvalue weighted by Gasteiger charge is -2.30. The quantitative estimate of drug-likeness (QED) is 0.855. The fourth-order valence-electron chi connectivity index (χ4n) is 2.83. The molecular formula is C15H21ClN2O2. The molecule has 1 fully saturated rings. The Morgan fingerprint density at radius 1 is 1.25 bits per heavy atom. The Morgan fingerprint density at radius 2 is 2.10 bits per heavy atom. The molecule has 5 heteroatoms. The maximum Gasteiger partial charge on any atom is 0.256 e. The average Bonchev–Trinajstić information content (AvgIpc) is 2.75. The third kappa shape index (κ3) is 3.14. The highest BCUT2D eigenvalue weighted by atomic mass is 35.5. The van der Waals surface area contributed by atoms with Gasteiger partial charge in [-0.05, 0) is 30.5 Å². The summed E-state index contributed by atoms with van der Waals surface area (Å²) in [4.78, 5) is 14.6. The van der Waals surface area contributed by atoms with Crippen LogP contribution in [0.5, 0.6) is 0 Å². The van der Waals surface area contributed by atoms with Gasteiger partial charge in [0.2, 0.25) is 0 Å². The zero-order chi connectivity index (χ0) is 13.1. The highest BCUT2D eigenvalue weighted by Gasteiger charge is 2.30. The molecule has 1 N–H and O–H groups in total. The van der Waals surface area contributed by atoms with E-state index in [9.17, 15) is 4.79 Å². The van der Waals surface area contributed by atoms with Crippen LogP contribution in [-0.2, 0) is 16.0 Å². The van der Waals surface area contributed by atoms with E-state index in [-0.39, 0.29) is 18.3 Å². The predicted molar refractivity (Wildman–Crippen MR) is 80.2 cm³/mol. The Kier molecular flexibility index (Phi) is 5.40. The third-order valence-corrected chi connectivity index (χ3v) is 3.87. The van der Waals surface area contributed by atoms with Crippen LogP contribution in [0.2, 0.25) is 0 Å². The van der Waals surface area contributed by atoms with Gasteiger partial charge in [-0.3, -0.25) is 4.79 Å². The molecule has 0 aliphatic carbocycles. The number of halogens is 1. The summed E-state index contributed by atoms with van der Waals surface area (Å²) in [6.07, 6.45) is 1.52. The van der Waals surface area contributed by atoms with Crippen molar-refractivity contribution in [1.29, 1.82) is 0 Å². The van der Waals surface area contributed by atoms with Crippen molar-refractivity contribution in [3.63, 3.8) is 0 Å². The lowest BCUT2D eigenvalue weighted by atomic mass is 9.97. The molecule has 1 aromatic carbocycles. The predicted octanol–water partition coefficient (Wildman–Crippen LogP) is 1.54. The van der Waals surface area contributed by atoms with E-state index in [1.807, 2.05) is 23.1 Å². The van der Waals surface area contributed by atoms with Crippen molar-refractivity contribution in [3.8, 4) is 0 Å². The molecule has 1 aromatic rings. The molecule has 0 bridgehead atoms. The van der Waals surface area contributed by atoms with Crippen molar-refractivity contribution >= 4 is 18.3 Å². The third-order valence-electron chi connectivity index (χ3n) is 3.87. The Balaban J connectivity index is 0.00000147. The number of nitrogens with one attached hydrogen (secondary N) is 1. The van der Waals surface area contributed by atoms with Crippen LogP contribution in [0, 0.1) is 0 Å². The first kappa shape index (κ1) is 15.3. The number of fused-ring (bicyclic) bond motifs is 1. The number of nitrogens with zero attached hydrogens (tertiary/aromatic N) is 1. The molecule has 2 heterocycles. The molecule has 3 rings (SSSR count). The van der Waals surface area contributed by atoms with Crippen molar-refractivity contribution in [2.45, 2.75) is 18.9 Å². The second kappa shape index (κ2) is 7.07. The highest BCUT2D eigenvalue weighted by Crippen LogP contribution is 2.28. The maximum absolute atomic E-state index is 12.6. The van der Waals surface area contributed by atoms with Crippen molar-refractivity contribution in [2.75, 3.05) is 32.8 Å². The molecule has 0 saturated carbocycles. The Bertz CT molecular complexity index is 459. The van der Waals surface area contributed by atoms with Crippen LogP contribution in [0.4, 0.5) is 0 Å². The number of hydrogen-bond acceptors (Lipinski definition) is 3. The van der Waals surface area contributed by atoms with E-state index >= 15 is 0 Å². The molecular weight excluding hydrogens is 276 g/mol. The summed E-state index contributed by atoms with van der Waals surface area (Å²) in [5.41, 5.74) is 2.30. The second-order valence-corrected chi connectivity index (χ2v) is 5.13. The standard InChI is InChI=1S/C15H20N2O2.ClH/c18-15(17-9-3-7-16-8-10-17)14-13-5-2-1-4-12(13)6-11-19-14;/h1-2,4-5,14,16H,3,6-11H2;1H. The van der Waals surface area contributed by atoms with Crippen molar-refractivity contribution in [1.82, 2.24) is 10.2 Å². The molecule has 2 aliphatic heterocycles. The highest BCUT2D eigenvalue weighted by molar-refractivity contribution is 5.85. The van der Waals surface area contributed by atoms with Crippen LogP contribution in [0.25, 0.3) is 0 Å². The Hall–Kier alpha value is -1.10. The minimum absolute atomic E-state index is 0. The molecule has 1 unspecified atom stereocenters. The number of benzene rings is 1. The Morgan fingerprint density at radius 3 is 3.00 bits per heavy atom. The van der Waals surface area contributed by atoms with Gasteiger partial charge in [0.05, 0.1) is 6.61 Å². The molecule has 110 valence electrons. The topological polar surface area (TPSA) is 41.6 Å². The van der Waals surface area contributed by atoms with Crippen LogP contribution in [0.3, 0.4) is 0 Å². The molecule has 0 radical (unpaired) electrons. The van der Waals surface area contributed by atoms with Gasteiger partial charge in [0.1, 0.15) is 0 Å². The van der Waals surface area contributed by atoms with Gasteiger partial charge in [0, 0.05) is 19.6 Å². The van der Waals surface area contributed by atoms with Crippen LogP contribution >= 0.6 is 12.4 Å². The summed E-state index contributed by atoms with van der Waals surface area (Å²) in [6, 6.07) is 8.13. The van der Waals surface area contributed by atoms with E-state index in [1.54, 1.807) is 0 Å². The van der Waals surface area contributed by atoms with Gasteiger partial charge in [-0.25, -0.2) is 0 Å². The lowest BCUT2D eigenvalue weighted by molar-refractivity contribution is -0.145. The lowest BCUT2D eigenvalue weighted by Crippen LogP contribution is -2.39. The smallest absolute Gasteiger partial charge is 0.256 e. The molecule has 20 heavy (non-hydrogen) atoms. The summed E-state index contributed by atoms with van der Waals surface area (Å²) < 4.78 is 5.75. The fourth-order valence-corrected chi connectivity index (χ4v) is 2.83. The van der Waals surface area contributed by atoms with E-state index in [4.69, 9.17) is 4.74 Å². The van der Waals surface area contributed by atoms with Gasteiger partial charge < -0.3 is 15.0 Å². The van der Waals surface area contributed by atoms with E-state index in [1.165, 1.54) is 5.56 Å². The number of hydrogen-bond donors (Lipinski definition) is 1. The first-order valence-corrected chi connectivity index (χ1v) is 7.05. The SMILES string of the molecule is Cl.O=C(C1OCCc2ccccc21)N1CCCNCC1. The Labute approximate surface area is 125 Å². The average molecular weight is 297 g/mol. The van der Waals surface area contributed by atoms with E-state index in [2.05, 4.69) is 11.4 Å². The minimum Gasteiger partial charge on any atom is -0.363 e. The summed E-state index contributed by atoms with van der Waals surface area (Å²) in [7, 11) is 0. The van der Waals surface area contributed by atoms with Gasteiger partial charge in [-0.1, -0.05) is 24.3 Å². The molecule has 1 atom stereocenters. The second-order valence-electron chi connectivity index (χ2n) is 5.13. The first-order valence-electron chi connectivity index (χ1n) is 7.05. The van der Waals surface area contributed by atoms with Crippen LogP contribution in [0.1, 0.15) is 23.7 Å². The molecule has 4 nitrogen and oxygen atoms in total. The zero-order valence-electron chi connectivity index (χ0n) is 11.5. The summed E-state index contributed by atoms with van der Waals surface area (Å²) >= 11 is 0. The normalized spacial score (nSPS) is 22.4. The van der Waals surface area contributed by atoms with E-state index in [0.717, 1.165) is 44.6 Å². The van der Waals surface area contributed by atoms with Gasteiger partial charge >= 0.3 is 0 Å². The molecule has 1 saturated heterocycles. The van der Waals surface area contributed by atoms with Gasteiger partial charge in [0.25, 0.3) is 5.91 Å². The monoisotopic (exact) mass is 296 g/mol.